The first kappa shape index (κ1) is 41.9. The first-order chi connectivity index (χ1) is 24.1. The Morgan fingerprint density at radius 3 is 2.12 bits per heavy atom. The van der Waals surface area contributed by atoms with E-state index in [1.807, 2.05) is 48.5 Å². The van der Waals surface area contributed by atoms with Crippen LogP contribution in [0.3, 0.4) is 0 Å². The van der Waals surface area contributed by atoms with Crippen LogP contribution in [0.2, 0.25) is 0 Å². The summed E-state index contributed by atoms with van der Waals surface area (Å²) in [5.41, 5.74) is -0.421. The van der Waals surface area contributed by atoms with Gasteiger partial charge in [-0.05, 0) is 47.5 Å². The Labute approximate surface area is 307 Å². The third-order valence-electron chi connectivity index (χ3n) is 10.3. The van der Waals surface area contributed by atoms with Gasteiger partial charge in [0, 0.05) is 20.6 Å². The quantitative estimate of drug-likeness (QED) is 0.199. The molecular weight excluding hydrogens is 668 g/mol. The van der Waals surface area contributed by atoms with Crippen molar-refractivity contribution in [3.8, 4) is 0 Å². The van der Waals surface area contributed by atoms with E-state index in [-0.39, 0.29) is 41.6 Å². The number of nitrogens with zero attached hydrogens (tertiary/aromatic N) is 2. The first-order valence-electron chi connectivity index (χ1n) is 18.1. The topological polar surface area (TPSA) is 183 Å². The van der Waals surface area contributed by atoms with Gasteiger partial charge < -0.3 is 35.8 Å². The molecule has 14 nitrogen and oxygen atoms in total. The van der Waals surface area contributed by atoms with E-state index < -0.39 is 71.6 Å². The molecule has 288 valence electrons. The van der Waals surface area contributed by atoms with Crippen LogP contribution in [0.5, 0.6) is 0 Å². The number of nitrogens with one attached hydrogen (secondary N) is 4. The fourth-order valence-electron chi connectivity index (χ4n) is 6.71. The maximum absolute atomic E-state index is 14.2. The van der Waals surface area contributed by atoms with Crippen LogP contribution in [0.1, 0.15) is 86.8 Å². The molecule has 1 aromatic carbocycles. The molecule has 14 heteroatoms. The number of amides is 6. The summed E-state index contributed by atoms with van der Waals surface area (Å²) < 4.78 is 5.49. The number of piperidine rings is 1. The number of carbonyl (C=O) groups excluding carboxylic acids is 7. The van der Waals surface area contributed by atoms with Crippen LogP contribution in [-0.4, -0.2) is 103 Å². The van der Waals surface area contributed by atoms with Gasteiger partial charge in [0.2, 0.25) is 29.4 Å². The maximum Gasteiger partial charge on any atom is 0.408 e. The molecule has 1 aromatic rings. The molecule has 1 heterocycles. The zero-order chi connectivity index (χ0) is 39.3. The molecule has 2 fully saturated rings. The van der Waals surface area contributed by atoms with Crippen LogP contribution in [0.15, 0.2) is 30.3 Å². The van der Waals surface area contributed by atoms with Crippen molar-refractivity contribution in [1.29, 1.82) is 0 Å². The molecule has 0 aromatic heterocycles. The molecule has 1 saturated carbocycles. The van der Waals surface area contributed by atoms with Crippen LogP contribution in [0.25, 0.3) is 0 Å². The molecular formula is C38H58N6O8. The number of benzene rings is 1. The van der Waals surface area contributed by atoms with Crippen LogP contribution < -0.4 is 21.3 Å². The van der Waals surface area contributed by atoms with E-state index in [0.717, 1.165) is 0 Å². The zero-order valence-electron chi connectivity index (χ0n) is 32.5. The van der Waals surface area contributed by atoms with Gasteiger partial charge in [-0.3, -0.25) is 28.8 Å². The number of ketones is 1. The Kier molecular flexibility index (Phi) is 13.6. The molecule has 0 spiro atoms. The third kappa shape index (κ3) is 9.88. The maximum atomic E-state index is 14.2. The minimum Gasteiger partial charge on any atom is -0.446 e. The van der Waals surface area contributed by atoms with Gasteiger partial charge in [-0.1, -0.05) is 92.1 Å². The van der Waals surface area contributed by atoms with Crippen molar-refractivity contribution < 1.29 is 38.3 Å². The molecule has 2 aliphatic rings. The Morgan fingerprint density at radius 1 is 0.962 bits per heavy atom. The molecule has 0 radical (unpaired) electrons. The van der Waals surface area contributed by atoms with Crippen molar-refractivity contribution in [3.63, 3.8) is 0 Å². The Balaban J connectivity index is 1.73. The monoisotopic (exact) mass is 726 g/mol. The average molecular weight is 727 g/mol. The number of likely N-dealkylation sites (N-methyl/N-ethyl adjacent to an activating group) is 1. The minimum absolute atomic E-state index is 0.0296. The highest BCUT2D eigenvalue weighted by Crippen LogP contribution is 2.65. The van der Waals surface area contributed by atoms with Crippen LogP contribution in [0.4, 0.5) is 4.79 Å². The third-order valence-corrected chi connectivity index (χ3v) is 10.3. The van der Waals surface area contributed by atoms with Crippen molar-refractivity contribution in [2.45, 2.75) is 105 Å². The minimum atomic E-state index is -1.21. The van der Waals surface area contributed by atoms with E-state index in [1.54, 1.807) is 58.3 Å². The first-order valence-corrected chi connectivity index (χ1v) is 18.1. The molecule has 4 N–H and O–H groups in total. The number of Topliss-reactive ketones (excluding diaryl/α,β-unsaturated/α-hetero) is 1. The molecule has 7 atom stereocenters. The molecule has 1 aliphatic carbocycles. The van der Waals surface area contributed by atoms with E-state index in [9.17, 15) is 33.6 Å². The van der Waals surface area contributed by atoms with Crippen molar-refractivity contribution in [1.82, 2.24) is 31.1 Å². The smallest absolute Gasteiger partial charge is 0.408 e. The van der Waals surface area contributed by atoms with Crippen LogP contribution in [-0.2, 0) is 33.5 Å². The van der Waals surface area contributed by atoms with E-state index in [1.165, 1.54) is 9.80 Å². The lowest BCUT2D eigenvalue weighted by molar-refractivity contribution is -0.145. The van der Waals surface area contributed by atoms with Gasteiger partial charge in [0.15, 0.2) is 0 Å². The number of likely N-dealkylation sites (tertiary alicyclic amines) is 1. The lowest BCUT2D eigenvalue weighted by atomic mass is 9.85. The summed E-state index contributed by atoms with van der Waals surface area (Å²) in [6.07, 6.45) is -0.518. The predicted octanol–water partition coefficient (Wildman–Crippen LogP) is 2.57. The normalized spacial score (nSPS) is 21.1. The van der Waals surface area contributed by atoms with Crippen molar-refractivity contribution in [2.24, 2.45) is 28.6 Å². The highest BCUT2D eigenvalue weighted by Gasteiger charge is 2.70. The van der Waals surface area contributed by atoms with E-state index in [0.29, 0.717) is 18.5 Å². The fourth-order valence-corrected chi connectivity index (χ4v) is 6.71. The van der Waals surface area contributed by atoms with E-state index >= 15 is 0 Å². The lowest BCUT2D eigenvalue weighted by Crippen LogP contribution is -2.60. The molecule has 6 amide bonds. The number of ether oxygens (including phenoxy) is 1. The second-order valence-corrected chi connectivity index (χ2v) is 16.2. The Bertz CT molecular complexity index is 1500. The molecule has 1 saturated heterocycles. The highest BCUT2D eigenvalue weighted by molar-refractivity contribution is 6.38. The van der Waals surface area contributed by atoms with E-state index in [4.69, 9.17) is 4.74 Å². The number of rotatable bonds is 15. The van der Waals surface area contributed by atoms with Gasteiger partial charge in [0.05, 0.1) is 12.6 Å². The summed E-state index contributed by atoms with van der Waals surface area (Å²) in [6.45, 7) is 16.6. The fraction of sp³-hybridized carbons (Fsp3) is 0.658. The van der Waals surface area contributed by atoms with Crippen molar-refractivity contribution in [2.75, 3.05) is 27.2 Å². The molecule has 0 bridgehead atoms. The largest absolute Gasteiger partial charge is 0.446 e. The molecule has 2 unspecified atom stereocenters. The van der Waals surface area contributed by atoms with Gasteiger partial charge in [0.25, 0.3) is 5.91 Å². The summed E-state index contributed by atoms with van der Waals surface area (Å²) in [7, 11) is 3.12. The zero-order valence-corrected chi connectivity index (χ0v) is 32.5. The summed E-state index contributed by atoms with van der Waals surface area (Å²) in [6, 6.07) is 4.47. The summed E-state index contributed by atoms with van der Waals surface area (Å²) >= 11 is 0. The summed E-state index contributed by atoms with van der Waals surface area (Å²) in [4.78, 5) is 96.0. The number of carbonyl (C=O) groups is 7. The number of fused-ring (bicyclic) bond motifs is 1. The van der Waals surface area contributed by atoms with Gasteiger partial charge >= 0.3 is 6.09 Å². The second kappa shape index (κ2) is 16.9. The van der Waals surface area contributed by atoms with E-state index in [2.05, 4.69) is 21.3 Å². The Hall–Kier alpha value is -4.49. The lowest BCUT2D eigenvalue weighted by Gasteiger charge is -2.38. The van der Waals surface area contributed by atoms with Gasteiger partial charge in [0.1, 0.15) is 24.2 Å². The summed E-state index contributed by atoms with van der Waals surface area (Å²) in [5.74, 6) is -4.17. The van der Waals surface area contributed by atoms with Gasteiger partial charge in [-0.25, -0.2) is 4.79 Å². The predicted molar refractivity (Wildman–Crippen MR) is 194 cm³/mol. The second-order valence-electron chi connectivity index (χ2n) is 16.2. The number of alkyl carbamates (subject to hydrolysis) is 1. The molecule has 52 heavy (non-hydrogen) atoms. The van der Waals surface area contributed by atoms with Crippen LogP contribution in [0, 0.1) is 28.6 Å². The van der Waals surface area contributed by atoms with Crippen molar-refractivity contribution >= 4 is 41.4 Å². The summed E-state index contributed by atoms with van der Waals surface area (Å²) in [5, 5.41) is 10.4. The average Bonchev–Trinajstić information content (AvgIpc) is 3.37. The number of hydrogen-bond acceptors (Lipinski definition) is 8. The van der Waals surface area contributed by atoms with Gasteiger partial charge in [-0.2, -0.15) is 0 Å². The Morgan fingerprint density at radius 2 is 1.58 bits per heavy atom. The standard InChI is InChI=1S/C38H58N6O8/c1-12-16-25(30(46)33(48)39-19-26(45)41-28(34(49)43(10)11)23-17-14-13-15-18-23)40-32(47)29-27-24(38(27,8)9)20-44(29)35(50)31(37(5,6)7)42-36(51)52-22(4)21(2)3/h13-15,17-18,21-22,24-25,27-29,31H,12,16,19-20H2,1-11H3,(H,39,48)(H,40,47)(H,41,45)(H,42,51)/t22?,24-,25-,27?,28-,29-,31+/m0/s1. The highest BCUT2D eigenvalue weighted by atomic mass is 16.6. The van der Waals surface area contributed by atoms with Gasteiger partial charge in [-0.15, -0.1) is 0 Å². The van der Waals surface area contributed by atoms with Crippen LogP contribution >= 0.6 is 0 Å². The number of hydrogen-bond donors (Lipinski definition) is 4. The molecule has 3 rings (SSSR count). The van der Waals surface area contributed by atoms with Crippen molar-refractivity contribution in [3.05, 3.63) is 35.9 Å². The SMILES string of the molecule is CCC[C@H](NC(=O)[C@@H]1C2[C@H](CN1C(=O)[C@@H](NC(=O)OC(C)C(C)C)C(C)(C)C)C2(C)C)C(=O)C(=O)NCC(=O)N[C@H](C(=O)N(C)C)c1ccccc1. The molecule has 1 aliphatic heterocycles.